The van der Waals surface area contributed by atoms with Gasteiger partial charge in [-0.25, -0.2) is 0 Å². The summed E-state index contributed by atoms with van der Waals surface area (Å²) in [4.78, 5) is 13.9. The molecule has 0 fully saturated rings. The van der Waals surface area contributed by atoms with Gasteiger partial charge in [0.1, 0.15) is 6.04 Å². The monoisotopic (exact) mass is 246 g/mol. The number of guanidine groups is 1. The van der Waals surface area contributed by atoms with Crippen LogP contribution in [0.3, 0.4) is 0 Å². The molecule has 0 amide bonds. The summed E-state index contributed by atoms with van der Waals surface area (Å²) in [5.74, 6) is -0.987. The number of rotatable bonds is 5. The maximum atomic E-state index is 10.2. The standard InChI is InChI=1S/C6H14N4O2.2ClH/c7-4(5(11)12)2-1-3-10-6(8)9;;/h4H,1-3,7H2,(H,11,12)(H4,8,9,10);2*1H/t4-;;/m0../s1. The lowest BCUT2D eigenvalue weighted by atomic mass is 10.2. The van der Waals surface area contributed by atoms with E-state index in [1.54, 1.807) is 0 Å². The first-order chi connectivity index (χ1) is 5.54. The van der Waals surface area contributed by atoms with Crippen molar-refractivity contribution in [3.8, 4) is 0 Å². The van der Waals surface area contributed by atoms with Crippen LogP contribution in [0.15, 0.2) is 4.99 Å². The molecular formula is C6H16Cl2N4O2. The quantitative estimate of drug-likeness (QED) is 0.290. The van der Waals surface area contributed by atoms with E-state index in [9.17, 15) is 4.79 Å². The topological polar surface area (TPSA) is 128 Å². The van der Waals surface area contributed by atoms with Crippen molar-refractivity contribution in [2.45, 2.75) is 18.9 Å². The molecule has 0 saturated carbocycles. The molecule has 0 radical (unpaired) electrons. The minimum atomic E-state index is -1.00. The van der Waals surface area contributed by atoms with Gasteiger partial charge in [0.15, 0.2) is 5.96 Å². The van der Waals surface area contributed by atoms with Crippen LogP contribution in [0.1, 0.15) is 12.8 Å². The van der Waals surface area contributed by atoms with Crippen LogP contribution >= 0.6 is 24.8 Å². The van der Waals surface area contributed by atoms with E-state index in [-0.39, 0.29) is 30.8 Å². The molecule has 0 aliphatic carbocycles. The first kappa shape index (κ1) is 18.9. The summed E-state index contributed by atoms with van der Waals surface area (Å²) in [6.45, 7) is 0.420. The van der Waals surface area contributed by atoms with Crippen LogP contribution in [-0.2, 0) is 4.79 Å². The number of halogens is 2. The molecule has 14 heavy (non-hydrogen) atoms. The Labute approximate surface area is 94.7 Å². The molecule has 0 aromatic carbocycles. The average Bonchev–Trinajstić information content (AvgIpc) is 1.97. The van der Waals surface area contributed by atoms with Crippen molar-refractivity contribution >= 4 is 36.7 Å². The zero-order valence-corrected chi connectivity index (χ0v) is 9.18. The lowest BCUT2D eigenvalue weighted by Gasteiger charge is -2.03. The molecule has 0 aliphatic heterocycles. The van der Waals surface area contributed by atoms with Gasteiger partial charge in [0.05, 0.1) is 0 Å². The highest BCUT2D eigenvalue weighted by Gasteiger charge is 2.09. The van der Waals surface area contributed by atoms with Crippen LogP contribution in [0.25, 0.3) is 0 Å². The Morgan fingerprint density at radius 3 is 2.21 bits per heavy atom. The largest absolute Gasteiger partial charge is 0.480 e. The van der Waals surface area contributed by atoms with Crippen molar-refractivity contribution in [1.82, 2.24) is 0 Å². The predicted molar refractivity (Wildman–Crippen MR) is 60.0 cm³/mol. The van der Waals surface area contributed by atoms with Gasteiger partial charge in [-0.15, -0.1) is 24.8 Å². The molecule has 0 aromatic heterocycles. The number of hydrogen-bond donors (Lipinski definition) is 4. The van der Waals surface area contributed by atoms with Gasteiger partial charge in [-0.1, -0.05) is 0 Å². The Morgan fingerprint density at radius 1 is 1.36 bits per heavy atom. The molecule has 7 N–H and O–H groups in total. The second-order valence-corrected chi connectivity index (χ2v) is 2.39. The van der Waals surface area contributed by atoms with E-state index in [4.69, 9.17) is 22.3 Å². The maximum Gasteiger partial charge on any atom is 0.320 e. The number of carbonyl (C=O) groups is 1. The Bertz CT molecular complexity index is 185. The molecule has 0 unspecified atom stereocenters. The van der Waals surface area contributed by atoms with E-state index in [2.05, 4.69) is 4.99 Å². The number of aliphatic imine (C=N–C) groups is 1. The minimum absolute atomic E-state index is 0. The van der Waals surface area contributed by atoms with Crippen LogP contribution in [0, 0.1) is 0 Å². The number of hydrogen-bond acceptors (Lipinski definition) is 3. The molecule has 0 aliphatic rings. The normalized spacial score (nSPS) is 10.4. The molecule has 0 saturated heterocycles. The van der Waals surface area contributed by atoms with Crippen LogP contribution < -0.4 is 17.2 Å². The smallest absolute Gasteiger partial charge is 0.320 e. The number of aliphatic carboxylic acids is 1. The highest BCUT2D eigenvalue weighted by atomic mass is 35.5. The SMILES string of the molecule is Cl.Cl.NC(N)=NCCC[C@H](N)C(=O)O. The van der Waals surface area contributed by atoms with Gasteiger partial charge in [0.2, 0.25) is 0 Å². The van der Waals surface area contributed by atoms with Crippen LogP contribution in [0.5, 0.6) is 0 Å². The average molecular weight is 247 g/mol. The van der Waals surface area contributed by atoms with Crippen molar-refractivity contribution in [1.29, 1.82) is 0 Å². The molecule has 6 nitrogen and oxygen atoms in total. The molecule has 86 valence electrons. The zero-order valence-electron chi connectivity index (χ0n) is 7.55. The number of nitrogens with zero attached hydrogens (tertiary/aromatic N) is 1. The van der Waals surface area contributed by atoms with Gasteiger partial charge in [-0.2, -0.15) is 0 Å². The van der Waals surface area contributed by atoms with Gasteiger partial charge in [0, 0.05) is 6.54 Å². The summed E-state index contributed by atoms with van der Waals surface area (Å²) in [6.07, 6.45) is 0.956. The molecule has 0 spiro atoms. The Balaban J connectivity index is -0.000000605. The van der Waals surface area contributed by atoms with Gasteiger partial charge < -0.3 is 22.3 Å². The van der Waals surface area contributed by atoms with Gasteiger partial charge in [0.25, 0.3) is 0 Å². The van der Waals surface area contributed by atoms with Gasteiger partial charge in [-0.3, -0.25) is 9.79 Å². The highest BCUT2D eigenvalue weighted by Crippen LogP contribution is 1.94. The minimum Gasteiger partial charge on any atom is -0.480 e. The zero-order chi connectivity index (χ0) is 9.56. The first-order valence-corrected chi connectivity index (χ1v) is 3.58. The third-order valence-corrected chi connectivity index (χ3v) is 1.28. The molecule has 0 rings (SSSR count). The maximum absolute atomic E-state index is 10.2. The van der Waals surface area contributed by atoms with E-state index in [0.29, 0.717) is 19.4 Å². The van der Waals surface area contributed by atoms with Gasteiger partial charge in [-0.05, 0) is 12.8 Å². The fraction of sp³-hybridized carbons (Fsp3) is 0.667. The molecular weight excluding hydrogens is 231 g/mol. The Morgan fingerprint density at radius 2 is 1.86 bits per heavy atom. The molecule has 0 aromatic rings. The fourth-order valence-corrected chi connectivity index (χ4v) is 0.643. The first-order valence-electron chi connectivity index (χ1n) is 3.58. The second kappa shape index (κ2) is 10.4. The van der Waals surface area contributed by atoms with E-state index in [1.807, 2.05) is 0 Å². The summed E-state index contributed by atoms with van der Waals surface area (Å²) < 4.78 is 0. The summed E-state index contributed by atoms with van der Waals surface area (Å²) in [5.41, 5.74) is 15.3. The Kier molecular flexibility index (Phi) is 14.0. The van der Waals surface area contributed by atoms with Crippen molar-refractivity contribution in [2.75, 3.05) is 6.54 Å². The lowest BCUT2D eigenvalue weighted by molar-refractivity contribution is -0.138. The van der Waals surface area contributed by atoms with E-state index in [1.165, 1.54) is 0 Å². The number of carboxylic acids is 1. The van der Waals surface area contributed by atoms with E-state index >= 15 is 0 Å². The number of nitrogens with two attached hydrogens (primary N) is 3. The van der Waals surface area contributed by atoms with Crippen molar-refractivity contribution in [2.24, 2.45) is 22.2 Å². The molecule has 0 heterocycles. The third kappa shape index (κ3) is 11.3. The third-order valence-electron chi connectivity index (χ3n) is 1.28. The molecule has 8 heteroatoms. The molecule has 1 atom stereocenters. The van der Waals surface area contributed by atoms with Crippen molar-refractivity contribution < 1.29 is 9.90 Å². The van der Waals surface area contributed by atoms with Crippen LogP contribution in [0.4, 0.5) is 0 Å². The fourth-order valence-electron chi connectivity index (χ4n) is 0.643. The van der Waals surface area contributed by atoms with Crippen LogP contribution in [0.2, 0.25) is 0 Å². The Hall–Kier alpha value is -0.720. The second-order valence-electron chi connectivity index (χ2n) is 2.39. The van der Waals surface area contributed by atoms with Crippen LogP contribution in [-0.4, -0.2) is 29.6 Å². The highest BCUT2D eigenvalue weighted by molar-refractivity contribution is 5.85. The van der Waals surface area contributed by atoms with Gasteiger partial charge >= 0.3 is 5.97 Å². The number of carboxylic acid groups (broad SMARTS) is 1. The summed E-state index contributed by atoms with van der Waals surface area (Å²) in [7, 11) is 0. The van der Waals surface area contributed by atoms with E-state index in [0.717, 1.165) is 0 Å². The van der Waals surface area contributed by atoms with E-state index < -0.39 is 12.0 Å². The summed E-state index contributed by atoms with van der Waals surface area (Å²) in [6, 6.07) is -0.820. The predicted octanol–water partition coefficient (Wildman–Crippen LogP) is -0.704. The van der Waals surface area contributed by atoms with Crippen molar-refractivity contribution in [3.63, 3.8) is 0 Å². The summed E-state index contributed by atoms with van der Waals surface area (Å²) in [5, 5.41) is 8.38. The lowest BCUT2D eigenvalue weighted by Crippen LogP contribution is -2.30. The molecule has 0 bridgehead atoms. The van der Waals surface area contributed by atoms with Crippen molar-refractivity contribution in [3.05, 3.63) is 0 Å². The summed E-state index contributed by atoms with van der Waals surface area (Å²) >= 11 is 0.